The van der Waals surface area contributed by atoms with Crippen LogP contribution in [0.25, 0.3) is 22.3 Å². The lowest BCUT2D eigenvalue weighted by Crippen LogP contribution is -2.33. The Morgan fingerprint density at radius 2 is 1.90 bits per heavy atom. The van der Waals surface area contributed by atoms with Gasteiger partial charge in [-0.15, -0.1) is 0 Å². The van der Waals surface area contributed by atoms with Crippen LogP contribution < -0.4 is 16.8 Å². The Morgan fingerprint density at radius 3 is 2.61 bits per heavy atom. The van der Waals surface area contributed by atoms with E-state index in [9.17, 15) is 9.59 Å². The Balaban J connectivity index is 1.65. The molecule has 1 aliphatic carbocycles. The van der Waals surface area contributed by atoms with Gasteiger partial charge in [0, 0.05) is 35.3 Å². The number of primary amides is 2. The summed E-state index contributed by atoms with van der Waals surface area (Å²) in [5.41, 5.74) is 12.8. The zero-order valence-electron chi connectivity index (χ0n) is 17.7. The first-order valence-electron chi connectivity index (χ1n) is 10.7. The van der Waals surface area contributed by atoms with E-state index in [1.807, 2.05) is 12.1 Å². The summed E-state index contributed by atoms with van der Waals surface area (Å²) in [5.74, 6) is 0.220. The van der Waals surface area contributed by atoms with Crippen molar-refractivity contribution in [1.82, 2.24) is 14.5 Å². The van der Waals surface area contributed by atoms with Crippen molar-refractivity contribution in [1.29, 1.82) is 0 Å². The summed E-state index contributed by atoms with van der Waals surface area (Å²) >= 11 is 0. The summed E-state index contributed by atoms with van der Waals surface area (Å²) in [4.78, 5) is 31.9. The third-order valence-electron chi connectivity index (χ3n) is 5.98. The Kier molecular flexibility index (Phi) is 5.88. The molecule has 3 aromatic rings. The van der Waals surface area contributed by atoms with Crippen molar-refractivity contribution >= 4 is 28.5 Å². The number of nitrogens with two attached hydrogens (primary N) is 2. The van der Waals surface area contributed by atoms with E-state index in [1.165, 1.54) is 43.7 Å². The van der Waals surface area contributed by atoms with Crippen LogP contribution in [0.3, 0.4) is 0 Å². The molecule has 8 nitrogen and oxygen atoms in total. The molecular weight excluding hydrogens is 392 g/mol. The second-order valence-electron chi connectivity index (χ2n) is 8.34. The van der Waals surface area contributed by atoms with Crippen LogP contribution in [0.2, 0.25) is 0 Å². The summed E-state index contributed by atoms with van der Waals surface area (Å²) in [6.45, 7) is 2.66. The van der Waals surface area contributed by atoms with E-state index >= 15 is 0 Å². The molecule has 1 atom stereocenters. The van der Waals surface area contributed by atoms with E-state index in [-0.39, 0.29) is 5.69 Å². The summed E-state index contributed by atoms with van der Waals surface area (Å²) in [5, 5.41) is 3.98. The molecule has 0 saturated heterocycles. The molecule has 5 N–H and O–H groups in total. The van der Waals surface area contributed by atoms with Gasteiger partial charge in [0.2, 0.25) is 5.91 Å². The van der Waals surface area contributed by atoms with Gasteiger partial charge in [0.25, 0.3) is 5.91 Å². The number of hydrogen-bond donors (Lipinski definition) is 3. The zero-order chi connectivity index (χ0) is 22.0. The van der Waals surface area contributed by atoms with E-state index < -0.39 is 17.9 Å². The Labute approximate surface area is 181 Å². The quantitative estimate of drug-likeness (QED) is 0.541. The number of fused-ring (bicyclic) bond motifs is 1. The lowest BCUT2D eigenvalue weighted by atomic mass is 9.89. The van der Waals surface area contributed by atoms with Crippen molar-refractivity contribution in [3.05, 3.63) is 42.2 Å². The van der Waals surface area contributed by atoms with Crippen LogP contribution >= 0.6 is 0 Å². The maximum atomic E-state index is 11.8. The van der Waals surface area contributed by atoms with Crippen LogP contribution in [-0.2, 0) is 11.3 Å². The highest BCUT2D eigenvalue weighted by atomic mass is 16.1. The standard InChI is InChI=1S/C23H28N6O2/c1-14(21(24)30)26-20-12-18(22(25)31)27-23(28-20)17-7-8-19-16(11-17)9-10-29(19)13-15-5-3-2-4-6-15/h7-12,14-15H,2-6,13H2,1H3,(H2,24,30)(H2,25,31)(H,26,27,28)/t14-/m0/s1. The van der Waals surface area contributed by atoms with E-state index in [2.05, 4.69) is 38.2 Å². The number of carbonyl (C=O) groups is 2. The lowest BCUT2D eigenvalue weighted by molar-refractivity contribution is -0.118. The van der Waals surface area contributed by atoms with Gasteiger partial charge in [0.1, 0.15) is 17.6 Å². The van der Waals surface area contributed by atoms with Crippen LogP contribution in [0, 0.1) is 5.92 Å². The van der Waals surface area contributed by atoms with E-state index in [0.717, 1.165) is 23.4 Å². The first-order chi connectivity index (χ1) is 14.9. The molecule has 2 amide bonds. The molecule has 1 saturated carbocycles. The highest BCUT2D eigenvalue weighted by Crippen LogP contribution is 2.29. The van der Waals surface area contributed by atoms with Crippen LogP contribution in [-0.4, -0.2) is 32.4 Å². The molecule has 1 fully saturated rings. The predicted molar refractivity (Wildman–Crippen MR) is 120 cm³/mol. The molecular formula is C23H28N6O2. The molecule has 0 radical (unpaired) electrons. The van der Waals surface area contributed by atoms with Crippen LogP contribution in [0.5, 0.6) is 0 Å². The number of carbonyl (C=O) groups excluding carboxylic acids is 2. The van der Waals surface area contributed by atoms with Crippen molar-refractivity contribution in [3.63, 3.8) is 0 Å². The van der Waals surface area contributed by atoms with Crippen molar-refractivity contribution in [2.75, 3.05) is 5.32 Å². The molecule has 0 spiro atoms. The minimum atomic E-state index is -0.668. The molecule has 8 heteroatoms. The molecule has 31 heavy (non-hydrogen) atoms. The summed E-state index contributed by atoms with van der Waals surface area (Å²) < 4.78 is 2.32. The minimum Gasteiger partial charge on any atom is -0.368 e. The normalized spacial score (nSPS) is 15.6. The van der Waals surface area contributed by atoms with Gasteiger partial charge in [-0.2, -0.15) is 0 Å². The fourth-order valence-corrected chi connectivity index (χ4v) is 4.22. The van der Waals surface area contributed by atoms with Crippen molar-refractivity contribution in [3.8, 4) is 11.4 Å². The maximum Gasteiger partial charge on any atom is 0.267 e. The molecule has 4 rings (SSSR count). The molecule has 0 aliphatic heterocycles. The fourth-order valence-electron chi connectivity index (χ4n) is 4.22. The fraction of sp³-hybridized carbons (Fsp3) is 0.391. The van der Waals surface area contributed by atoms with Crippen molar-refractivity contribution < 1.29 is 9.59 Å². The number of amides is 2. The molecule has 162 valence electrons. The Morgan fingerprint density at radius 1 is 1.13 bits per heavy atom. The van der Waals surface area contributed by atoms with Gasteiger partial charge in [0.15, 0.2) is 5.82 Å². The first kappa shape index (κ1) is 20.8. The minimum absolute atomic E-state index is 0.0686. The molecule has 1 aromatic carbocycles. The van der Waals surface area contributed by atoms with E-state index in [4.69, 9.17) is 11.5 Å². The van der Waals surface area contributed by atoms with Gasteiger partial charge in [-0.3, -0.25) is 9.59 Å². The van der Waals surface area contributed by atoms with Crippen molar-refractivity contribution in [2.24, 2.45) is 17.4 Å². The number of nitrogens with zero attached hydrogens (tertiary/aromatic N) is 3. The summed E-state index contributed by atoms with van der Waals surface area (Å²) in [6.07, 6.45) is 8.73. The predicted octanol–water partition coefficient (Wildman–Crippen LogP) is 3.06. The third kappa shape index (κ3) is 4.68. The van der Waals surface area contributed by atoms with Gasteiger partial charge >= 0.3 is 0 Å². The number of rotatable bonds is 7. The van der Waals surface area contributed by atoms with E-state index in [1.54, 1.807) is 6.92 Å². The molecule has 2 heterocycles. The first-order valence-corrected chi connectivity index (χ1v) is 10.7. The van der Waals surface area contributed by atoms with Gasteiger partial charge in [-0.1, -0.05) is 19.3 Å². The molecule has 1 aliphatic rings. The second-order valence-corrected chi connectivity index (χ2v) is 8.34. The SMILES string of the molecule is C[C@H](Nc1cc(C(N)=O)nc(-c2ccc3c(ccn3CC3CCCCC3)c2)n1)C(N)=O. The van der Waals surface area contributed by atoms with Gasteiger partial charge in [-0.05, 0) is 49.9 Å². The average molecular weight is 421 g/mol. The highest BCUT2D eigenvalue weighted by Gasteiger charge is 2.17. The second kappa shape index (κ2) is 8.75. The van der Waals surface area contributed by atoms with Crippen LogP contribution in [0.1, 0.15) is 49.5 Å². The average Bonchev–Trinajstić information content (AvgIpc) is 3.16. The number of benzene rings is 1. The molecule has 2 aromatic heterocycles. The summed E-state index contributed by atoms with van der Waals surface area (Å²) in [7, 11) is 0. The topological polar surface area (TPSA) is 129 Å². The van der Waals surface area contributed by atoms with Gasteiger partial charge < -0.3 is 21.4 Å². The smallest absolute Gasteiger partial charge is 0.267 e. The summed E-state index contributed by atoms with van der Waals surface area (Å²) in [6, 6.07) is 8.88. The lowest BCUT2D eigenvalue weighted by Gasteiger charge is -2.22. The van der Waals surface area contributed by atoms with Crippen molar-refractivity contribution in [2.45, 2.75) is 51.6 Å². The Bertz CT molecular complexity index is 1120. The van der Waals surface area contributed by atoms with E-state index in [0.29, 0.717) is 11.6 Å². The number of anilines is 1. The Hall–Kier alpha value is -3.42. The number of aromatic nitrogens is 3. The monoisotopic (exact) mass is 420 g/mol. The number of nitrogens with one attached hydrogen (secondary N) is 1. The highest BCUT2D eigenvalue weighted by molar-refractivity contribution is 5.92. The molecule has 0 unspecified atom stereocenters. The third-order valence-corrected chi connectivity index (χ3v) is 5.98. The zero-order valence-corrected chi connectivity index (χ0v) is 17.7. The van der Waals surface area contributed by atoms with Gasteiger partial charge in [-0.25, -0.2) is 9.97 Å². The molecule has 0 bridgehead atoms. The maximum absolute atomic E-state index is 11.8. The van der Waals surface area contributed by atoms with Crippen LogP contribution in [0.15, 0.2) is 36.5 Å². The largest absolute Gasteiger partial charge is 0.368 e. The number of hydrogen-bond acceptors (Lipinski definition) is 5. The van der Waals surface area contributed by atoms with Gasteiger partial charge in [0.05, 0.1) is 0 Å². The van der Waals surface area contributed by atoms with Crippen LogP contribution in [0.4, 0.5) is 5.82 Å².